The van der Waals surface area contributed by atoms with E-state index in [-0.39, 0.29) is 0 Å². The van der Waals surface area contributed by atoms with Crippen LogP contribution in [0.4, 0.5) is 0 Å². The van der Waals surface area contributed by atoms with Crippen molar-refractivity contribution in [2.45, 2.75) is 32.7 Å². The molecule has 0 aromatic carbocycles. The summed E-state index contributed by atoms with van der Waals surface area (Å²) in [6.07, 6.45) is 4.40. The van der Waals surface area contributed by atoms with Gasteiger partial charge >= 0.3 is 0 Å². The van der Waals surface area contributed by atoms with Crippen LogP contribution in [0.2, 0.25) is 0 Å². The monoisotopic (exact) mass is 255 g/mol. The zero-order valence-corrected chi connectivity index (χ0v) is 11.9. The van der Waals surface area contributed by atoms with Gasteiger partial charge in [0, 0.05) is 29.2 Å². The van der Waals surface area contributed by atoms with Gasteiger partial charge in [-0.1, -0.05) is 6.07 Å². The van der Waals surface area contributed by atoms with E-state index in [9.17, 15) is 0 Å². The van der Waals surface area contributed by atoms with Crippen LogP contribution in [-0.2, 0) is 0 Å². The number of likely N-dealkylation sites (tertiary alicyclic amines) is 1. The fourth-order valence-corrected chi connectivity index (χ4v) is 3.16. The summed E-state index contributed by atoms with van der Waals surface area (Å²) in [5.74, 6) is 1.10. The van der Waals surface area contributed by atoms with Crippen molar-refractivity contribution in [1.29, 1.82) is 0 Å². The largest absolute Gasteiger partial charge is 0.303 e. The summed E-state index contributed by atoms with van der Waals surface area (Å²) >= 11 is 0. The molecule has 3 heteroatoms. The van der Waals surface area contributed by atoms with Crippen LogP contribution in [0.15, 0.2) is 30.5 Å². The third-order valence-corrected chi connectivity index (χ3v) is 4.18. The number of rotatable bonds is 2. The molecular weight excluding hydrogens is 234 g/mol. The van der Waals surface area contributed by atoms with E-state index in [0.29, 0.717) is 6.04 Å². The van der Waals surface area contributed by atoms with E-state index >= 15 is 0 Å². The lowest BCUT2D eigenvalue weighted by atomic mass is 10.1. The Bertz CT molecular complexity index is 566. The summed E-state index contributed by atoms with van der Waals surface area (Å²) in [6.45, 7) is 5.47. The zero-order valence-electron chi connectivity index (χ0n) is 11.9. The Labute approximate surface area is 114 Å². The standard InChI is InChI=1S/C16H21N3/c1-12-8-9-13(2)19(12)16-14(6-4-10-17-16)15-7-5-11-18(15)3/h4,6,8-10,15H,5,7,11H2,1-3H3. The Kier molecular flexibility index (Phi) is 3.15. The van der Waals surface area contributed by atoms with Crippen molar-refractivity contribution >= 4 is 0 Å². The molecule has 0 spiro atoms. The molecule has 0 aliphatic carbocycles. The van der Waals surface area contributed by atoms with Crippen molar-refractivity contribution in [1.82, 2.24) is 14.5 Å². The highest BCUT2D eigenvalue weighted by Crippen LogP contribution is 2.33. The first kappa shape index (κ1) is 12.4. The molecule has 0 bridgehead atoms. The predicted octanol–water partition coefficient (Wildman–Crippen LogP) is 3.26. The predicted molar refractivity (Wildman–Crippen MR) is 77.6 cm³/mol. The Balaban J connectivity index is 2.12. The average Bonchev–Trinajstić information content (AvgIpc) is 2.96. The van der Waals surface area contributed by atoms with Gasteiger partial charge in [0.2, 0.25) is 0 Å². The molecule has 1 atom stereocenters. The molecule has 0 radical (unpaired) electrons. The van der Waals surface area contributed by atoms with Gasteiger partial charge < -0.3 is 4.57 Å². The number of aromatic nitrogens is 2. The van der Waals surface area contributed by atoms with Crippen LogP contribution in [0.3, 0.4) is 0 Å². The van der Waals surface area contributed by atoms with Crippen LogP contribution in [0.5, 0.6) is 0 Å². The van der Waals surface area contributed by atoms with Gasteiger partial charge in [0.1, 0.15) is 5.82 Å². The molecule has 100 valence electrons. The van der Waals surface area contributed by atoms with Gasteiger partial charge in [-0.05, 0) is 58.5 Å². The minimum absolute atomic E-state index is 0.505. The summed E-state index contributed by atoms with van der Waals surface area (Å²) < 4.78 is 2.27. The van der Waals surface area contributed by atoms with Crippen molar-refractivity contribution < 1.29 is 0 Å². The van der Waals surface area contributed by atoms with E-state index in [1.54, 1.807) is 0 Å². The van der Waals surface area contributed by atoms with Gasteiger partial charge in [0.05, 0.1) is 0 Å². The minimum atomic E-state index is 0.505. The summed E-state index contributed by atoms with van der Waals surface area (Å²) in [7, 11) is 2.21. The Morgan fingerprint density at radius 1 is 1.16 bits per heavy atom. The van der Waals surface area contributed by atoms with Crippen LogP contribution in [-0.4, -0.2) is 28.0 Å². The highest BCUT2D eigenvalue weighted by molar-refractivity contribution is 5.40. The number of hydrogen-bond donors (Lipinski definition) is 0. The molecule has 1 unspecified atom stereocenters. The second kappa shape index (κ2) is 4.82. The zero-order chi connectivity index (χ0) is 13.4. The highest BCUT2D eigenvalue weighted by Gasteiger charge is 2.26. The van der Waals surface area contributed by atoms with Gasteiger partial charge in [-0.2, -0.15) is 0 Å². The lowest BCUT2D eigenvalue weighted by molar-refractivity contribution is 0.316. The fraction of sp³-hybridized carbons (Fsp3) is 0.438. The summed E-state index contributed by atoms with van der Waals surface area (Å²) in [5, 5.41) is 0. The summed E-state index contributed by atoms with van der Waals surface area (Å²) in [6, 6.07) is 9.11. The van der Waals surface area contributed by atoms with Crippen LogP contribution in [0.25, 0.3) is 5.82 Å². The molecule has 2 aromatic heterocycles. The van der Waals surface area contributed by atoms with Crippen LogP contribution < -0.4 is 0 Å². The summed E-state index contributed by atoms with van der Waals surface area (Å²) in [5.41, 5.74) is 3.85. The van der Waals surface area contributed by atoms with Gasteiger partial charge in [0.25, 0.3) is 0 Å². The van der Waals surface area contributed by atoms with E-state index < -0.39 is 0 Å². The third-order valence-electron chi connectivity index (χ3n) is 4.18. The molecule has 3 heterocycles. The normalized spacial score (nSPS) is 20.1. The van der Waals surface area contributed by atoms with Crippen molar-refractivity contribution in [3.8, 4) is 5.82 Å². The van der Waals surface area contributed by atoms with E-state index in [1.165, 1.54) is 36.3 Å². The molecule has 3 nitrogen and oxygen atoms in total. The molecule has 0 saturated carbocycles. The van der Waals surface area contributed by atoms with Crippen LogP contribution in [0, 0.1) is 13.8 Å². The quantitative estimate of drug-likeness (QED) is 0.821. The number of hydrogen-bond acceptors (Lipinski definition) is 2. The maximum Gasteiger partial charge on any atom is 0.141 e. The number of nitrogens with zero attached hydrogens (tertiary/aromatic N) is 3. The Hall–Kier alpha value is -1.61. The molecule has 1 saturated heterocycles. The minimum Gasteiger partial charge on any atom is -0.303 e. The summed E-state index contributed by atoms with van der Waals surface area (Å²) in [4.78, 5) is 7.10. The Morgan fingerprint density at radius 2 is 1.89 bits per heavy atom. The first-order valence-electron chi connectivity index (χ1n) is 6.99. The van der Waals surface area contributed by atoms with Crippen LogP contribution >= 0.6 is 0 Å². The average molecular weight is 255 g/mol. The van der Waals surface area contributed by atoms with Crippen LogP contribution in [0.1, 0.15) is 35.8 Å². The second-order valence-corrected chi connectivity index (χ2v) is 5.51. The molecule has 1 aliphatic rings. The highest BCUT2D eigenvalue weighted by atomic mass is 15.2. The topological polar surface area (TPSA) is 21.1 Å². The Morgan fingerprint density at radius 3 is 2.53 bits per heavy atom. The molecular formula is C16H21N3. The van der Waals surface area contributed by atoms with Crippen molar-refractivity contribution in [2.75, 3.05) is 13.6 Å². The number of pyridine rings is 1. The van der Waals surface area contributed by atoms with Crippen molar-refractivity contribution in [2.24, 2.45) is 0 Å². The lowest BCUT2D eigenvalue weighted by Crippen LogP contribution is -2.20. The van der Waals surface area contributed by atoms with Gasteiger partial charge in [-0.25, -0.2) is 4.98 Å². The third kappa shape index (κ3) is 2.08. The molecule has 1 aliphatic heterocycles. The van der Waals surface area contributed by atoms with E-state index in [0.717, 1.165) is 5.82 Å². The van der Waals surface area contributed by atoms with Gasteiger partial charge in [-0.3, -0.25) is 4.90 Å². The molecule has 0 amide bonds. The molecule has 3 rings (SSSR count). The van der Waals surface area contributed by atoms with Crippen molar-refractivity contribution in [3.63, 3.8) is 0 Å². The SMILES string of the molecule is Cc1ccc(C)n1-c1ncccc1C1CCCN1C. The van der Waals surface area contributed by atoms with E-state index in [4.69, 9.17) is 0 Å². The first-order chi connectivity index (χ1) is 9.18. The maximum absolute atomic E-state index is 4.66. The lowest BCUT2D eigenvalue weighted by Gasteiger charge is -2.23. The molecule has 2 aromatic rings. The first-order valence-corrected chi connectivity index (χ1v) is 6.99. The second-order valence-electron chi connectivity index (χ2n) is 5.51. The fourth-order valence-electron chi connectivity index (χ4n) is 3.16. The van der Waals surface area contributed by atoms with Gasteiger partial charge in [0.15, 0.2) is 0 Å². The molecule has 1 fully saturated rings. The van der Waals surface area contributed by atoms with E-state index in [2.05, 4.69) is 59.6 Å². The van der Waals surface area contributed by atoms with Crippen molar-refractivity contribution in [3.05, 3.63) is 47.4 Å². The molecule has 0 N–H and O–H groups in total. The number of aryl methyl sites for hydroxylation is 2. The van der Waals surface area contributed by atoms with Gasteiger partial charge in [-0.15, -0.1) is 0 Å². The smallest absolute Gasteiger partial charge is 0.141 e. The maximum atomic E-state index is 4.66. The van der Waals surface area contributed by atoms with E-state index in [1.807, 2.05) is 6.20 Å². The molecule has 19 heavy (non-hydrogen) atoms.